The Morgan fingerprint density at radius 2 is 1.36 bits per heavy atom. The lowest BCUT2D eigenvalue weighted by molar-refractivity contribution is -0.385. The first-order chi connectivity index (χ1) is 6.75. The Morgan fingerprint density at radius 1 is 0.786 bits per heavy atom. The second-order valence-corrected chi connectivity index (χ2v) is 4.31. The minimum Gasteiger partial charge on any atom is -0.324 e. The van der Waals surface area contributed by atoms with Crippen molar-refractivity contribution in [1.82, 2.24) is 0 Å². The fourth-order valence-electron chi connectivity index (χ4n) is 2.37. The van der Waals surface area contributed by atoms with Gasteiger partial charge in [0.1, 0.15) is 0 Å². The maximum atomic E-state index is 5.65. The van der Waals surface area contributed by atoms with Crippen molar-refractivity contribution in [2.45, 2.75) is 64.8 Å². The van der Waals surface area contributed by atoms with E-state index < -0.39 is 0 Å². The number of hydrogen-bond donors (Lipinski definition) is 0. The van der Waals surface area contributed by atoms with Crippen LogP contribution in [0.5, 0.6) is 0 Å². The molecule has 2 aliphatic rings. The number of rotatable bonds is 1. The van der Waals surface area contributed by atoms with E-state index in [1.54, 1.807) is 0 Å². The summed E-state index contributed by atoms with van der Waals surface area (Å²) in [7, 11) is 0. The molecule has 14 heavy (non-hydrogen) atoms. The molecule has 0 aromatic carbocycles. The van der Waals surface area contributed by atoms with Crippen LogP contribution in [-0.2, 0) is 14.2 Å². The molecule has 1 saturated heterocycles. The van der Waals surface area contributed by atoms with Crippen LogP contribution in [0.15, 0.2) is 0 Å². The van der Waals surface area contributed by atoms with E-state index in [-0.39, 0.29) is 18.9 Å². The van der Waals surface area contributed by atoms with Crippen LogP contribution < -0.4 is 0 Å². The summed E-state index contributed by atoms with van der Waals surface area (Å²) in [4.78, 5) is 0. The van der Waals surface area contributed by atoms with E-state index in [9.17, 15) is 0 Å². The van der Waals surface area contributed by atoms with E-state index in [2.05, 4.69) is 0 Å². The fraction of sp³-hybridized carbons (Fsp3) is 1.00. The maximum Gasteiger partial charge on any atom is 0.166 e. The summed E-state index contributed by atoms with van der Waals surface area (Å²) in [5.41, 5.74) is 0. The highest BCUT2D eigenvalue weighted by atomic mass is 16.9. The summed E-state index contributed by atoms with van der Waals surface area (Å²) in [5, 5.41) is 0. The van der Waals surface area contributed by atoms with Crippen LogP contribution in [0.2, 0.25) is 0 Å². The topological polar surface area (TPSA) is 27.7 Å². The molecule has 1 aliphatic heterocycles. The van der Waals surface area contributed by atoms with Gasteiger partial charge in [0.05, 0.1) is 0 Å². The molecule has 0 radical (unpaired) electrons. The standard InChI is InChI=1S/C11H20O3/c1-8-12-9(2)14-11(13-8)10-6-4-3-5-7-10/h8-11H,3-7H2,1-2H3. The molecule has 2 rings (SSSR count). The molecule has 2 atom stereocenters. The molecule has 0 N–H and O–H groups in total. The zero-order chi connectivity index (χ0) is 9.97. The third-order valence-electron chi connectivity index (χ3n) is 3.07. The lowest BCUT2D eigenvalue weighted by Crippen LogP contribution is -2.42. The third kappa shape index (κ3) is 2.47. The van der Waals surface area contributed by atoms with Crippen LogP contribution in [0.3, 0.4) is 0 Å². The van der Waals surface area contributed by atoms with Crippen LogP contribution in [0.1, 0.15) is 46.0 Å². The zero-order valence-electron chi connectivity index (χ0n) is 9.07. The predicted molar refractivity (Wildman–Crippen MR) is 52.5 cm³/mol. The molecule has 2 unspecified atom stereocenters. The fourth-order valence-corrected chi connectivity index (χ4v) is 2.37. The summed E-state index contributed by atoms with van der Waals surface area (Å²) in [6.45, 7) is 3.88. The molecule has 82 valence electrons. The zero-order valence-corrected chi connectivity index (χ0v) is 9.07. The predicted octanol–water partition coefficient (Wildman–Crippen LogP) is 2.65. The Morgan fingerprint density at radius 3 is 1.93 bits per heavy atom. The lowest BCUT2D eigenvalue weighted by atomic mass is 9.89. The van der Waals surface area contributed by atoms with Crippen LogP contribution in [0.4, 0.5) is 0 Å². The van der Waals surface area contributed by atoms with Gasteiger partial charge in [0, 0.05) is 5.92 Å². The highest BCUT2D eigenvalue weighted by molar-refractivity contribution is 4.70. The first-order valence-corrected chi connectivity index (χ1v) is 5.72. The van der Waals surface area contributed by atoms with Crippen molar-refractivity contribution >= 4 is 0 Å². The molecule has 1 aliphatic carbocycles. The van der Waals surface area contributed by atoms with Crippen molar-refractivity contribution in [1.29, 1.82) is 0 Å². The molecule has 0 spiro atoms. The number of hydrogen-bond acceptors (Lipinski definition) is 3. The van der Waals surface area contributed by atoms with Gasteiger partial charge in [0.2, 0.25) is 0 Å². The lowest BCUT2D eigenvalue weighted by Gasteiger charge is -2.38. The second kappa shape index (κ2) is 4.60. The molecular weight excluding hydrogens is 180 g/mol. The summed E-state index contributed by atoms with van der Waals surface area (Å²) < 4.78 is 16.7. The van der Waals surface area contributed by atoms with Gasteiger partial charge in [-0.15, -0.1) is 0 Å². The van der Waals surface area contributed by atoms with Crippen LogP contribution in [-0.4, -0.2) is 18.9 Å². The maximum absolute atomic E-state index is 5.65. The first kappa shape index (κ1) is 10.4. The van der Waals surface area contributed by atoms with E-state index in [0.29, 0.717) is 5.92 Å². The molecule has 0 bridgehead atoms. The van der Waals surface area contributed by atoms with Gasteiger partial charge in [-0.1, -0.05) is 19.3 Å². The Hall–Kier alpha value is -0.120. The van der Waals surface area contributed by atoms with Gasteiger partial charge < -0.3 is 14.2 Å². The molecule has 0 aromatic heterocycles. The van der Waals surface area contributed by atoms with E-state index in [1.165, 1.54) is 32.1 Å². The summed E-state index contributed by atoms with van der Waals surface area (Å²) >= 11 is 0. The minimum absolute atomic E-state index is 0.0333. The smallest absolute Gasteiger partial charge is 0.166 e. The quantitative estimate of drug-likeness (QED) is 0.651. The van der Waals surface area contributed by atoms with Gasteiger partial charge in [0.25, 0.3) is 0 Å². The van der Waals surface area contributed by atoms with Crippen molar-refractivity contribution in [3.8, 4) is 0 Å². The molecule has 3 nitrogen and oxygen atoms in total. The van der Waals surface area contributed by atoms with E-state index in [0.717, 1.165) is 0 Å². The van der Waals surface area contributed by atoms with E-state index in [4.69, 9.17) is 14.2 Å². The Bertz CT molecular complexity index is 167. The first-order valence-electron chi connectivity index (χ1n) is 5.72. The Labute approximate surface area is 85.7 Å². The minimum atomic E-state index is -0.120. The van der Waals surface area contributed by atoms with Crippen LogP contribution in [0, 0.1) is 5.92 Å². The molecule has 1 heterocycles. The third-order valence-corrected chi connectivity index (χ3v) is 3.07. The van der Waals surface area contributed by atoms with E-state index >= 15 is 0 Å². The highest BCUT2D eigenvalue weighted by Gasteiger charge is 2.32. The summed E-state index contributed by atoms with van der Waals surface area (Å²) in [6.07, 6.45) is 6.21. The molecular formula is C11H20O3. The van der Waals surface area contributed by atoms with Crippen LogP contribution in [0.25, 0.3) is 0 Å². The van der Waals surface area contributed by atoms with Crippen LogP contribution >= 0.6 is 0 Å². The molecule has 0 aromatic rings. The van der Waals surface area contributed by atoms with Crippen molar-refractivity contribution in [2.75, 3.05) is 0 Å². The average molecular weight is 200 g/mol. The number of ether oxygens (including phenoxy) is 3. The second-order valence-electron chi connectivity index (χ2n) is 4.31. The molecule has 3 heteroatoms. The average Bonchev–Trinajstić information content (AvgIpc) is 2.18. The highest BCUT2D eigenvalue weighted by Crippen LogP contribution is 2.31. The SMILES string of the molecule is CC1OC(C)OC(C2CCCCC2)O1. The van der Waals surface area contributed by atoms with Gasteiger partial charge >= 0.3 is 0 Å². The van der Waals surface area contributed by atoms with Gasteiger partial charge in [-0.25, -0.2) is 0 Å². The van der Waals surface area contributed by atoms with Gasteiger partial charge in [-0.05, 0) is 26.7 Å². The monoisotopic (exact) mass is 200 g/mol. The Kier molecular flexibility index (Phi) is 3.42. The van der Waals surface area contributed by atoms with E-state index in [1.807, 2.05) is 13.8 Å². The van der Waals surface area contributed by atoms with Crippen molar-refractivity contribution < 1.29 is 14.2 Å². The van der Waals surface area contributed by atoms with Crippen molar-refractivity contribution in [2.24, 2.45) is 5.92 Å². The molecule has 0 amide bonds. The summed E-state index contributed by atoms with van der Waals surface area (Å²) in [6, 6.07) is 0. The van der Waals surface area contributed by atoms with Gasteiger partial charge in [0.15, 0.2) is 18.9 Å². The molecule has 1 saturated carbocycles. The Balaban J connectivity index is 1.88. The van der Waals surface area contributed by atoms with Crippen molar-refractivity contribution in [3.05, 3.63) is 0 Å². The van der Waals surface area contributed by atoms with Gasteiger partial charge in [-0.3, -0.25) is 0 Å². The molecule has 2 fully saturated rings. The summed E-state index contributed by atoms with van der Waals surface area (Å²) in [5.74, 6) is 0.581. The normalized spacial score (nSPS) is 41.1. The van der Waals surface area contributed by atoms with Gasteiger partial charge in [-0.2, -0.15) is 0 Å². The largest absolute Gasteiger partial charge is 0.324 e. The van der Waals surface area contributed by atoms with Crippen molar-refractivity contribution in [3.63, 3.8) is 0 Å².